The number of hydrogen-bond acceptors (Lipinski definition) is 3. The van der Waals surface area contributed by atoms with E-state index < -0.39 is 0 Å². The first-order valence-electron chi connectivity index (χ1n) is 7.80. The lowest BCUT2D eigenvalue weighted by molar-refractivity contribution is 0.152. The van der Waals surface area contributed by atoms with Crippen LogP contribution in [0.2, 0.25) is 0 Å². The molecule has 1 aliphatic rings. The van der Waals surface area contributed by atoms with Gasteiger partial charge in [-0.1, -0.05) is 18.2 Å². The van der Waals surface area contributed by atoms with Crippen LogP contribution in [-0.2, 0) is 6.54 Å². The maximum absolute atomic E-state index is 6.06. The molecule has 4 nitrogen and oxygen atoms in total. The van der Waals surface area contributed by atoms with Crippen LogP contribution in [0.25, 0.3) is 5.69 Å². The molecule has 0 spiro atoms. The maximum atomic E-state index is 6.06. The van der Waals surface area contributed by atoms with Gasteiger partial charge in [0, 0.05) is 25.3 Å². The van der Waals surface area contributed by atoms with Gasteiger partial charge < -0.3 is 5.73 Å². The van der Waals surface area contributed by atoms with Crippen LogP contribution in [0.5, 0.6) is 0 Å². The highest BCUT2D eigenvalue weighted by Gasteiger charge is 2.23. The molecule has 1 aromatic heterocycles. The van der Waals surface area contributed by atoms with E-state index in [1.807, 2.05) is 29.1 Å². The summed E-state index contributed by atoms with van der Waals surface area (Å²) in [5, 5.41) is 4.69. The largest absolute Gasteiger partial charge is 0.328 e. The molecule has 1 aromatic carbocycles. The topological polar surface area (TPSA) is 47.1 Å². The molecule has 0 radical (unpaired) electrons. The van der Waals surface area contributed by atoms with E-state index >= 15 is 0 Å². The molecule has 3 rings (SSSR count). The third kappa shape index (κ3) is 4.09. The van der Waals surface area contributed by atoms with Crippen LogP contribution in [0.15, 0.2) is 42.6 Å². The number of hydrogen-bond donors (Lipinski definition) is 1. The summed E-state index contributed by atoms with van der Waals surface area (Å²) in [4.78, 5) is 2.48. The minimum atomic E-state index is 0. The van der Waals surface area contributed by atoms with Gasteiger partial charge in [-0.2, -0.15) is 5.10 Å². The standard InChI is InChI=1S/C17H24N4.ClH/c1-14(18)15-6-5-10-20(12-15)13-16-9-11-21(19-16)17-7-3-2-4-8-17;/h2-4,7-9,11,14-15H,5-6,10,12-13,18H2,1H3;1H. The predicted octanol–water partition coefficient (Wildman–Crippen LogP) is 2.85. The number of aromatic nitrogens is 2. The third-order valence-corrected chi connectivity index (χ3v) is 4.34. The highest BCUT2D eigenvalue weighted by Crippen LogP contribution is 2.20. The highest BCUT2D eigenvalue weighted by atomic mass is 35.5. The molecule has 2 atom stereocenters. The van der Waals surface area contributed by atoms with Crippen molar-refractivity contribution in [3.05, 3.63) is 48.3 Å². The predicted molar refractivity (Wildman–Crippen MR) is 92.5 cm³/mol. The Bertz CT molecular complexity index is 567. The summed E-state index contributed by atoms with van der Waals surface area (Å²) in [6.07, 6.45) is 4.54. The van der Waals surface area contributed by atoms with Gasteiger partial charge in [0.2, 0.25) is 0 Å². The van der Waals surface area contributed by atoms with Crippen molar-refractivity contribution >= 4 is 12.4 Å². The second kappa shape index (κ2) is 7.77. The van der Waals surface area contributed by atoms with Crippen LogP contribution in [0.3, 0.4) is 0 Å². The Labute approximate surface area is 138 Å². The Kier molecular flexibility index (Phi) is 6.00. The first-order chi connectivity index (χ1) is 10.2. The molecule has 0 amide bonds. The van der Waals surface area contributed by atoms with Crippen LogP contribution in [-0.4, -0.2) is 33.8 Å². The summed E-state index contributed by atoms with van der Waals surface area (Å²) in [5.74, 6) is 0.620. The Morgan fingerprint density at radius 3 is 2.77 bits per heavy atom. The highest BCUT2D eigenvalue weighted by molar-refractivity contribution is 5.85. The maximum Gasteiger partial charge on any atom is 0.0769 e. The smallest absolute Gasteiger partial charge is 0.0769 e. The Hall–Kier alpha value is -1.36. The molecule has 2 heterocycles. The number of rotatable bonds is 4. The van der Waals surface area contributed by atoms with E-state index in [4.69, 9.17) is 5.73 Å². The first kappa shape index (κ1) is 17.0. The van der Waals surface area contributed by atoms with Gasteiger partial charge >= 0.3 is 0 Å². The van der Waals surface area contributed by atoms with E-state index in [0.717, 1.165) is 31.0 Å². The minimum Gasteiger partial charge on any atom is -0.328 e. The lowest BCUT2D eigenvalue weighted by Gasteiger charge is -2.34. The molecule has 0 aliphatic carbocycles. The van der Waals surface area contributed by atoms with Gasteiger partial charge in [0.15, 0.2) is 0 Å². The molecule has 120 valence electrons. The van der Waals surface area contributed by atoms with Crippen molar-refractivity contribution in [3.8, 4) is 5.69 Å². The Morgan fingerprint density at radius 2 is 2.05 bits per heavy atom. The monoisotopic (exact) mass is 320 g/mol. The van der Waals surface area contributed by atoms with E-state index in [2.05, 4.69) is 35.1 Å². The zero-order valence-electron chi connectivity index (χ0n) is 13.1. The summed E-state index contributed by atoms with van der Waals surface area (Å²) in [6.45, 7) is 5.29. The van der Waals surface area contributed by atoms with Gasteiger partial charge in [-0.25, -0.2) is 4.68 Å². The molecule has 0 saturated carbocycles. The number of nitrogens with zero attached hydrogens (tertiary/aromatic N) is 3. The summed E-state index contributed by atoms with van der Waals surface area (Å²) < 4.78 is 1.95. The van der Waals surface area contributed by atoms with E-state index in [-0.39, 0.29) is 18.4 Å². The molecule has 2 aromatic rings. The quantitative estimate of drug-likeness (QED) is 0.942. The van der Waals surface area contributed by atoms with Crippen molar-refractivity contribution in [3.63, 3.8) is 0 Å². The number of para-hydroxylation sites is 1. The van der Waals surface area contributed by atoms with Crippen molar-refractivity contribution in [2.24, 2.45) is 11.7 Å². The number of benzene rings is 1. The second-order valence-electron chi connectivity index (χ2n) is 6.08. The normalized spacial score (nSPS) is 20.4. The molecule has 2 N–H and O–H groups in total. The zero-order valence-corrected chi connectivity index (χ0v) is 13.9. The fraction of sp³-hybridized carbons (Fsp3) is 0.471. The minimum absolute atomic E-state index is 0. The van der Waals surface area contributed by atoms with E-state index in [1.165, 1.54) is 12.8 Å². The Morgan fingerprint density at radius 1 is 1.27 bits per heavy atom. The molecule has 1 saturated heterocycles. The average molecular weight is 321 g/mol. The van der Waals surface area contributed by atoms with E-state index in [0.29, 0.717) is 5.92 Å². The number of piperidine rings is 1. The average Bonchev–Trinajstić information content (AvgIpc) is 2.97. The van der Waals surface area contributed by atoms with Crippen LogP contribution < -0.4 is 5.73 Å². The molecular formula is C17H25ClN4. The zero-order chi connectivity index (χ0) is 14.7. The van der Waals surface area contributed by atoms with Crippen molar-refractivity contribution in [2.75, 3.05) is 13.1 Å². The molecule has 5 heteroatoms. The molecule has 0 bridgehead atoms. The van der Waals surface area contributed by atoms with Gasteiger partial charge in [0.1, 0.15) is 0 Å². The van der Waals surface area contributed by atoms with Crippen LogP contribution in [0.1, 0.15) is 25.5 Å². The fourth-order valence-corrected chi connectivity index (χ4v) is 3.06. The number of likely N-dealkylation sites (tertiary alicyclic amines) is 1. The van der Waals surface area contributed by atoms with Crippen molar-refractivity contribution in [1.29, 1.82) is 0 Å². The van der Waals surface area contributed by atoms with Crippen molar-refractivity contribution in [2.45, 2.75) is 32.4 Å². The Balaban J connectivity index is 0.00000176. The lowest BCUT2D eigenvalue weighted by atomic mass is 9.92. The second-order valence-corrected chi connectivity index (χ2v) is 6.08. The van der Waals surface area contributed by atoms with E-state index in [9.17, 15) is 0 Å². The summed E-state index contributed by atoms with van der Waals surface area (Å²) >= 11 is 0. The number of halogens is 1. The van der Waals surface area contributed by atoms with Gasteiger partial charge in [-0.15, -0.1) is 12.4 Å². The summed E-state index contributed by atoms with van der Waals surface area (Å²) in [6, 6.07) is 12.6. The molecule has 2 unspecified atom stereocenters. The molecule has 1 fully saturated rings. The summed E-state index contributed by atoms with van der Waals surface area (Å²) in [7, 11) is 0. The molecule has 22 heavy (non-hydrogen) atoms. The first-order valence-corrected chi connectivity index (χ1v) is 7.80. The van der Waals surface area contributed by atoms with Gasteiger partial charge in [0.05, 0.1) is 11.4 Å². The lowest BCUT2D eigenvalue weighted by Crippen LogP contribution is -2.42. The molecular weight excluding hydrogens is 296 g/mol. The van der Waals surface area contributed by atoms with Crippen LogP contribution in [0, 0.1) is 5.92 Å². The van der Waals surface area contributed by atoms with Gasteiger partial charge in [-0.05, 0) is 50.4 Å². The van der Waals surface area contributed by atoms with Crippen molar-refractivity contribution < 1.29 is 0 Å². The summed E-state index contributed by atoms with van der Waals surface area (Å²) in [5.41, 5.74) is 8.29. The van der Waals surface area contributed by atoms with Gasteiger partial charge in [0.25, 0.3) is 0 Å². The van der Waals surface area contributed by atoms with Crippen molar-refractivity contribution in [1.82, 2.24) is 14.7 Å². The third-order valence-electron chi connectivity index (χ3n) is 4.34. The van der Waals surface area contributed by atoms with Crippen LogP contribution >= 0.6 is 12.4 Å². The molecule has 1 aliphatic heterocycles. The SMILES string of the molecule is CC(N)C1CCCN(Cc2ccn(-c3ccccc3)n2)C1.Cl. The number of nitrogens with two attached hydrogens (primary N) is 1. The van der Waals surface area contributed by atoms with Crippen LogP contribution in [0.4, 0.5) is 0 Å². The van der Waals surface area contributed by atoms with E-state index in [1.54, 1.807) is 0 Å². The van der Waals surface area contributed by atoms with Gasteiger partial charge in [-0.3, -0.25) is 4.90 Å². The fourth-order valence-electron chi connectivity index (χ4n) is 3.06.